The van der Waals surface area contributed by atoms with E-state index in [1.807, 2.05) is 32.0 Å². The topological polar surface area (TPSA) is 88.9 Å². The van der Waals surface area contributed by atoms with Gasteiger partial charge in [-0.1, -0.05) is 30.3 Å². The maximum Gasteiger partial charge on any atom is 0.258 e. The molecule has 4 rings (SSSR count). The lowest BCUT2D eigenvalue weighted by atomic mass is 10.1. The van der Waals surface area contributed by atoms with Crippen LogP contribution >= 0.6 is 11.6 Å². The Labute approximate surface area is 189 Å². The third kappa shape index (κ3) is 4.10. The highest BCUT2D eigenvalue weighted by atomic mass is 35.5. The number of aryl methyl sites for hydroxylation is 2. The molecule has 8 heteroatoms. The van der Waals surface area contributed by atoms with E-state index < -0.39 is 0 Å². The quantitative estimate of drug-likeness (QED) is 0.420. The number of halogens is 1. The highest BCUT2D eigenvalue weighted by Gasteiger charge is 2.19. The molecule has 160 valence electrons. The molecule has 2 N–H and O–H groups in total. The third-order valence-electron chi connectivity index (χ3n) is 4.93. The van der Waals surface area contributed by atoms with Gasteiger partial charge in [0.1, 0.15) is 0 Å². The average Bonchev–Trinajstić information content (AvgIpc) is 3.14. The van der Waals surface area contributed by atoms with Crippen molar-refractivity contribution in [3.05, 3.63) is 89.2 Å². The molecule has 0 unspecified atom stereocenters. The number of anilines is 2. The zero-order valence-electron chi connectivity index (χ0n) is 17.5. The van der Waals surface area contributed by atoms with Crippen LogP contribution in [0.4, 0.5) is 11.6 Å². The van der Waals surface area contributed by atoms with E-state index >= 15 is 0 Å². The first-order chi connectivity index (χ1) is 15.4. The van der Waals surface area contributed by atoms with Crippen molar-refractivity contribution in [2.45, 2.75) is 13.8 Å². The number of para-hydroxylation sites is 1. The second-order valence-electron chi connectivity index (χ2n) is 7.21. The van der Waals surface area contributed by atoms with Gasteiger partial charge in [-0.2, -0.15) is 0 Å². The van der Waals surface area contributed by atoms with Crippen molar-refractivity contribution in [2.75, 3.05) is 10.6 Å². The maximum atomic E-state index is 12.9. The van der Waals surface area contributed by atoms with Crippen LogP contribution in [0, 0.1) is 13.8 Å². The summed E-state index contributed by atoms with van der Waals surface area (Å²) < 4.78 is 1.76. The minimum atomic E-state index is -0.324. The number of rotatable bonds is 5. The molecule has 4 aromatic rings. The summed E-state index contributed by atoms with van der Waals surface area (Å²) in [4.78, 5) is 33.5. The third-order valence-corrected chi connectivity index (χ3v) is 5.24. The highest BCUT2D eigenvalue weighted by molar-refractivity contribution is 6.35. The van der Waals surface area contributed by atoms with Crippen molar-refractivity contribution in [1.29, 1.82) is 0 Å². The number of hydrogen-bond donors (Lipinski definition) is 2. The summed E-state index contributed by atoms with van der Waals surface area (Å²) in [5.41, 5.74) is 4.61. The predicted octanol–water partition coefficient (Wildman–Crippen LogP) is 5.07. The number of carbonyl (C=O) groups is 2. The maximum absolute atomic E-state index is 12.9. The van der Waals surface area contributed by atoms with E-state index in [2.05, 4.69) is 27.2 Å². The van der Waals surface area contributed by atoms with Crippen LogP contribution in [-0.2, 0) is 4.79 Å². The first-order valence-electron chi connectivity index (χ1n) is 9.83. The van der Waals surface area contributed by atoms with Gasteiger partial charge in [0.2, 0.25) is 11.9 Å². The molecule has 0 radical (unpaired) electrons. The van der Waals surface area contributed by atoms with Crippen LogP contribution in [0.3, 0.4) is 0 Å². The smallest absolute Gasteiger partial charge is 0.258 e. The summed E-state index contributed by atoms with van der Waals surface area (Å²) >= 11 is 6.51. The molecule has 0 atom stereocenters. The highest BCUT2D eigenvalue weighted by Crippen LogP contribution is 2.32. The molecule has 2 heterocycles. The van der Waals surface area contributed by atoms with Crippen molar-refractivity contribution in [3.63, 3.8) is 0 Å². The number of amides is 2. The lowest BCUT2D eigenvalue weighted by Crippen LogP contribution is -2.16. The van der Waals surface area contributed by atoms with Crippen molar-refractivity contribution in [3.8, 4) is 5.69 Å². The van der Waals surface area contributed by atoms with E-state index in [1.54, 1.807) is 41.1 Å². The van der Waals surface area contributed by atoms with Gasteiger partial charge in [0, 0.05) is 23.1 Å². The van der Waals surface area contributed by atoms with E-state index in [1.165, 1.54) is 6.08 Å². The average molecular weight is 446 g/mol. The Kier molecular flexibility index (Phi) is 5.75. The second-order valence-corrected chi connectivity index (χ2v) is 7.62. The van der Waals surface area contributed by atoms with Crippen LogP contribution in [0.25, 0.3) is 16.7 Å². The molecular weight excluding hydrogens is 426 g/mol. The van der Waals surface area contributed by atoms with Crippen LogP contribution in [0.5, 0.6) is 0 Å². The Morgan fingerprint density at radius 2 is 1.91 bits per heavy atom. The van der Waals surface area contributed by atoms with Gasteiger partial charge in [0.15, 0.2) is 0 Å². The fourth-order valence-corrected chi connectivity index (χ4v) is 3.60. The Balaban J connectivity index is 1.85. The minimum absolute atomic E-state index is 0.303. The van der Waals surface area contributed by atoms with Gasteiger partial charge in [0.05, 0.1) is 21.7 Å². The van der Waals surface area contributed by atoms with Crippen molar-refractivity contribution in [1.82, 2.24) is 14.5 Å². The summed E-state index contributed by atoms with van der Waals surface area (Å²) in [6.45, 7) is 7.20. The lowest BCUT2D eigenvalue weighted by Gasteiger charge is -2.14. The molecule has 0 aliphatic carbocycles. The lowest BCUT2D eigenvalue weighted by molar-refractivity contribution is -0.111. The van der Waals surface area contributed by atoms with Gasteiger partial charge >= 0.3 is 0 Å². The molecule has 2 aromatic heterocycles. The van der Waals surface area contributed by atoms with E-state index in [9.17, 15) is 9.59 Å². The SMILES string of the molecule is C=CC(=O)Nc1cc(-n2c(NC(=O)c3ccnc(C)c3)nc3cccc(Cl)c32)ccc1C. The Bertz CT molecular complexity index is 1380. The normalized spacial score (nSPS) is 10.7. The molecule has 0 fully saturated rings. The summed E-state index contributed by atoms with van der Waals surface area (Å²) in [6, 6.07) is 14.2. The zero-order chi connectivity index (χ0) is 22.8. The first kappa shape index (κ1) is 21.3. The largest absolute Gasteiger partial charge is 0.322 e. The molecule has 0 saturated carbocycles. The molecule has 2 aromatic carbocycles. The molecule has 0 aliphatic heterocycles. The Morgan fingerprint density at radius 1 is 1.09 bits per heavy atom. The van der Waals surface area contributed by atoms with E-state index in [0.717, 1.165) is 11.3 Å². The van der Waals surface area contributed by atoms with Crippen molar-refractivity contribution in [2.24, 2.45) is 0 Å². The summed E-state index contributed by atoms with van der Waals surface area (Å²) in [5.74, 6) is -0.340. The van der Waals surface area contributed by atoms with Crippen molar-refractivity contribution < 1.29 is 9.59 Å². The number of fused-ring (bicyclic) bond motifs is 1. The first-order valence-corrected chi connectivity index (χ1v) is 10.2. The second kappa shape index (κ2) is 8.64. The zero-order valence-corrected chi connectivity index (χ0v) is 18.3. The van der Waals surface area contributed by atoms with Crippen LogP contribution in [0.2, 0.25) is 5.02 Å². The molecular formula is C24H20ClN5O2. The Hall–Kier alpha value is -3.97. The predicted molar refractivity (Wildman–Crippen MR) is 127 cm³/mol. The van der Waals surface area contributed by atoms with E-state index in [4.69, 9.17) is 11.6 Å². The van der Waals surface area contributed by atoms with Gasteiger partial charge in [-0.15, -0.1) is 0 Å². The number of nitrogens with one attached hydrogen (secondary N) is 2. The summed E-state index contributed by atoms with van der Waals surface area (Å²) in [6.07, 6.45) is 2.79. The number of pyridine rings is 1. The minimum Gasteiger partial charge on any atom is -0.322 e. The van der Waals surface area contributed by atoms with Crippen LogP contribution in [-0.4, -0.2) is 26.3 Å². The van der Waals surface area contributed by atoms with Gasteiger partial charge in [-0.3, -0.25) is 24.5 Å². The van der Waals surface area contributed by atoms with E-state index in [-0.39, 0.29) is 11.8 Å². The molecule has 32 heavy (non-hydrogen) atoms. The number of nitrogens with zero attached hydrogens (tertiary/aromatic N) is 3. The van der Waals surface area contributed by atoms with Gasteiger partial charge in [-0.25, -0.2) is 4.98 Å². The molecule has 7 nitrogen and oxygen atoms in total. The van der Waals surface area contributed by atoms with Gasteiger partial charge in [0.25, 0.3) is 5.91 Å². The van der Waals surface area contributed by atoms with Crippen LogP contribution < -0.4 is 10.6 Å². The fraction of sp³-hybridized carbons (Fsp3) is 0.0833. The monoisotopic (exact) mass is 445 g/mol. The number of carbonyl (C=O) groups excluding carboxylic acids is 2. The molecule has 0 aliphatic rings. The molecule has 0 spiro atoms. The Morgan fingerprint density at radius 3 is 2.66 bits per heavy atom. The van der Waals surface area contributed by atoms with E-state index in [0.29, 0.717) is 38.9 Å². The number of imidazole rings is 1. The number of hydrogen-bond acceptors (Lipinski definition) is 4. The van der Waals surface area contributed by atoms with Gasteiger partial charge < -0.3 is 5.32 Å². The fourth-order valence-electron chi connectivity index (χ4n) is 3.35. The van der Waals surface area contributed by atoms with Crippen LogP contribution in [0.1, 0.15) is 21.6 Å². The van der Waals surface area contributed by atoms with Crippen LogP contribution in [0.15, 0.2) is 67.4 Å². The molecule has 0 saturated heterocycles. The standard InChI is InChI=1S/C24H20ClN5O2/c1-4-21(31)27-20-13-17(9-8-14(20)2)30-22-18(25)6-5-7-19(22)28-24(30)29-23(32)16-10-11-26-15(3)12-16/h4-13H,1H2,2-3H3,(H,27,31)(H,28,29,32). The van der Waals surface area contributed by atoms with Gasteiger partial charge in [-0.05, 0) is 61.9 Å². The summed E-state index contributed by atoms with van der Waals surface area (Å²) in [7, 11) is 0. The molecule has 2 amide bonds. The molecule has 0 bridgehead atoms. The number of aromatic nitrogens is 3. The van der Waals surface area contributed by atoms with Crippen molar-refractivity contribution >= 4 is 46.1 Å². The summed E-state index contributed by atoms with van der Waals surface area (Å²) in [5, 5.41) is 6.16. The number of benzene rings is 2.